The molecule has 0 bridgehead atoms. The van der Waals surface area contributed by atoms with Crippen molar-refractivity contribution in [3.63, 3.8) is 0 Å². The first-order chi connectivity index (χ1) is 9.15. The normalized spacial score (nSPS) is 36.8. The largest absolute Gasteiger partial charge is 0.459 e. The molecule has 1 rings (SSSR count). The van der Waals surface area contributed by atoms with E-state index in [1.807, 2.05) is 6.55 Å². The molecule has 6 heteroatoms. The van der Waals surface area contributed by atoms with Crippen molar-refractivity contribution in [2.24, 2.45) is 0 Å². The van der Waals surface area contributed by atoms with Crippen molar-refractivity contribution in [2.45, 2.75) is 51.2 Å². The van der Waals surface area contributed by atoms with E-state index in [2.05, 4.69) is 13.2 Å². The van der Waals surface area contributed by atoms with E-state index in [-0.39, 0.29) is 0 Å². The van der Waals surface area contributed by atoms with Gasteiger partial charge in [-0.25, -0.2) is 0 Å². The fourth-order valence-electron chi connectivity index (χ4n) is 2.45. The van der Waals surface area contributed by atoms with Gasteiger partial charge in [-0.1, -0.05) is 11.8 Å². The van der Waals surface area contributed by atoms with Crippen molar-refractivity contribution in [1.29, 1.82) is 0 Å². The van der Waals surface area contributed by atoms with E-state index < -0.39 is 38.1 Å². The summed E-state index contributed by atoms with van der Waals surface area (Å²) >= 11 is 0. The van der Waals surface area contributed by atoms with Gasteiger partial charge in [-0.3, -0.25) is 9.59 Å². The summed E-state index contributed by atoms with van der Waals surface area (Å²) in [6.45, 7) is 14.0. The molecule has 0 aliphatic carbocycles. The van der Waals surface area contributed by atoms with Crippen molar-refractivity contribution in [3.05, 3.63) is 24.9 Å². The zero-order chi connectivity index (χ0) is 15.6. The molecule has 112 valence electrons. The molecule has 0 aromatic rings. The van der Waals surface area contributed by atoms with Crippen LogP contribution in [0.25, 0.3) is 0 Å². The summed E-state index contributed by atoms with van der Waals surface area (Å²) in [7, 11) is -2.27. The van der Waals surface area contributed by atoms with Crippen LogP contribution < -0.4 is 0 Å². The summed E-state index contributed by atoms with van der Waals surface area (Å²) in [5.74, 6) is -0.867. The first kappa shape index (κ1) is 16.7. The number of carbonyl (C=O) groups excluding carboxylic acids is 2. The van der Waals surface area contributed by atoms with Crippen LogP contribution in [0.5, 0.6) is 0 Å². The molecular formula is C14H22O5Si. The van der Waals surface area contributed by atoms with E-state index in [1.165, 1.54) is 13.8 Å². The van der Waals surface area contributed by atoms with Gasteiger partial charge in [0.05, 0.1) is 0 Å². The minimum atomic E-state index is -2.27. The first-order valence-corrected chi connectivity index (χ1v) is 9.17. The second-order valence-corrected chi connectivity index (χ2v) is 9.03. The maximum Gasteiger partial charge on any atom is 0.303 e. The minimum Gasteiger partial charge on any atom is -0.459 e. The van der Waals surface area contributed by atoms with Crippen LogP contribution in [0.1, 0.15) is 20.8 Å². The summed E-state index contributed by atoms with van der Waals surface area (Å²) in [6.07, 6.45) is 0.329. The molecule has 4 atom stereocenters. The quantitative estimate of drug-likeness (QED) is 0.452. The van der Waals surface area contributed by atoms with Crippen LogP contribution >= 0.6 is 0 Å². The van der Waals surface area contributed by atoms with Crippen molar-refractivity contribution in [1.82, 2.24) is 0 Å². The predicted molar refractivity (Wildman–Crippen MR) is 77.4 cm³/mol. The van der Waals surface area contributed by atoms with E-state index in [9.17, 15) is 9.59 Å². The highest BCUT2D eigenvalue weighted by atomic mass is 28.4. The maximum absolute atomic E-state index is 11.3. The molecule has 4 unspecified atom stereocenters. The van der Waals surface area contributed by atoms with Gasteiger partial charge >= 0.3 is 11.9 Å². The summed E-state index contributed by atoms with van der Waals surface area (Å²) in [4.78, 5) is 22.6. The molecule has 0 spiro atoms. The van der Waals surface area contributed by atoms with Gasteiger partial charge in [0, 0.05) is 19.9 Å². The van der Waals surface area contributed by atoms with E-state index in [1.54, 1.807) is 18.7 Å². The van der Waals surface area contributed by atoms with Crippen LogP contribution in [-0.2, 0) is 23.5 Å². The Balaban J connectivity index is 3.17. The van der Waals surface area contributed by atoms with Crippen molar-refractivity contribution in [3.8, 4) is 0 Å². The van der Waals surface area contributed by atoms with Crippen molar-refractivity contribution < 1.29 is 23.5 Å². The smallest absolute Gasteiger partial charge is 0.303 e. The van der Waals surface area contributed by atoms with Crippen LogP contribution in [0.2, 0.25) is 12.6 Å². The summed E-state index contributed by atoms with van der Waals surface area (Å²) in [6, 6.07) is 0.497. The van der Waals surface area contributed by atoms with Gasteiger partial charge in [0.25, 0.3) is 0 Å². The van der Waals surface area contributed by atoms with Gasteiger partial charge in [0.15, 0.2) is 6.10 Å². The van der Waals surface area contributed by atoms with Gasteiger partial charge in [-0.2, -0.15) is 0 Å². The highest BCUT2D eigenvalue weighted by Crippen LogP contribution is 2.38. The summed E-state index contributed by atoms with van der Waals surface area (Å²) in [5, 5.41) is 0. The lowest BCUT2D eigenvalue weighted by molar-refractivity contribution is -0.182. The van der Waals surface area contributed by atoms with Gasteiger partial charge in [-0.05, 0) is 13.5 Å². The number of esters is 2. The SMILES string of the molecule is C=CC1(C)O[Si](C)(C=C)CC(OC(C)=O)C1OC(C)=O. The number of hydrogen-bond donors (Lipinski definition) is 0. The molecule has 1 saturated heterocycles. The Morgan fingerprint density at radius 1 is 1.30 bits per heavy atom. The monoisotopic (exact) mass is 298 g/mol. The highest BCUT2D eigenvalue weighted by Gasteiger charge is 2.53. The molecule has 1 aliphatic heterocycles. The Morgan fingerprint density at radius 3 is 2.25 bits per heavy atom. The lowest BCUT2D eigenvalue weighted by Gasteiger charge is -2.48. The Labute approximate surface area is 120 Å². The van der Waals surface area contributed by atoms with E-state index in [0.29, 0.717) is 6.04 Å². The topological polar surface area (TPSA) is 61.8 Å². The lowest BCUT2D eigenvalue weighted by Crippen LogP contribution is -2.62. The van der Waals surface area contributed by atoms with Crippen molar-refractivity contribution >= 4 is 20.3 Å². The zero-order valence-corrected chi connectivity index (χ0v) is 13.5. The number of carbonyl (C=O) groups is 2. The molecule has 0 N–H and O–H groups in total. The van der Waals surface area contributed by atoms with Gasteiger partial charge in [-0.15, -0.1) is 13.2 Å². The number of hydrogen-bond acceptors (Lipinski definition) is 5. The summed E-state index contributed by atoms with van der Waals surface area (Å²) in [5.41, 5.74) is 0.883. The molecule has 20 heavy (non-hydrogen) atoms. The average molecular weight is 298 g/mol. The Morgan fingerprint density at radius 2 is 1.85 bits per heavy atom. The Kier molecular flexibility index (Phi) is 4.93. The third kappa shape index (κ3) is 3.58. The number of ether oxygens (including phenoxy) is 2. The molecule has 1 aliphatic rings. The molecule has 0 aromatic carbocycles. The van der Waals surface area contributed by atoms with E-state index in [4.69, 9.17) is 13.9 Å². The average Bonchev–Trinajstić information content (AvgIpc) is 2.33. The summed E-state index contributed by atoms with van der Waals surface area (Å²) < 4.78 is 16.8. The van der Waals surface area contributed by atoms with Gasteiger partial charge < -0.3 is 13.9 Å². The van der Waals surface area contributed by atoms with E-state index in [0.717, 1.165) is 0 Å². The van der Waals surface area contributed by atoms with Crippen LogP contribution in [0.4, 0.5) is 0 Å². The van der Waals surface area contributed by atoms with Crippen LogP contribution in [-0.4, -0.2) is 38.1 Å². The van der Waals surface area contributed by atoms with Gasteiger partial charge in [0.1, 0.15) is 11.7 Å². The highest BCUT2D eigenvalue weighted by molar-refractivity contribution is 6.77. The fourth-order valence-corrected chi connectivity index (χ4v) is 5.08. The number of rotatable bonds is 4. The zero-order valence-electron chi connectivity index (χ0n) is 12.5. The van der Waals surface area contributed by atoms with E-state index >= 15 is 0 Å². The third-order valence-electron chi connectivity index (χ3n) is 3.41. The molecule has 0 radical (unpaired) electrons. The maximum atomic E-state index is 11.3. The lowest BCUT2D eigenvalue weighted by atomic mass is 9.95. The molecule has 1 fully saturated rings. The van der Waals surface area contributed by atoms with Crippen LogP contribution in [0.3, 0.4) is 0 Å². The molecule has 1 heterocycles. The molecular weight excluding hydrogens is 276 g/mol. The first-order valence-electron chi connectivity index (χ1n) is 6.47. The Bertz CT molecular complexity index is 435. The third-order valence-corrected chi connectivity index (χ3v) is 6.39. The molecule has 0 amide bonds. The van der Waals surface area contributed by atoms with Crippen LogP contribution in [0, 0.1) is 0 Å². The molecule has 5 nitrogen and oxygen atoms in total. The predicted octanol–water partition coefficient (Wildman–Crippen LogP) is 2.13. The van der Waals surface area contributed by atoms with Crippen LogP contribution in [0.15, 0.2) is 24.9 Å². The Hall–Kier alpha value is -1.40. The van der Waals surface area contributed by atoms with Gasteiger partial charge in [0.2, 0.25) is 8.32 Å². The fraction of sp³-hybridized carbons (Fsp3) is 0.571. The standard InChI is InChI=1S/C14H22O5Si/c1-7-14(5)13(18-11(4)16)12(17-10(3)15)9-20(6,8-2)19-14/h7-8,12-13H,1-2,9H2,3-6H3. The molecule has 0 saturated carbocycles. The second-order valence-electron chi connectivity index (χ2n) is 5.39. The molecule has 0 aromatic heterocycles. The minimum absolute atomic E-state index is 0.416. The van der Waals surface area contributed by atoms with Crippen molar-refractivity contribution in [2.75, 3.05) is 0 Å². The second kappa shape index (κ2) is 5.93.